The van der Waals surface area contributed by atoms with Crippen LogP contribution in [0, 0.1) is 0 Å². The summed E-state index contributed by atoms with van der Waals surface area (Å²) in [5.41, 5.74) is 5.83. The van der Waals surface area contributed by atoms with E-state index in [1.54, 1.807) is 43.2 Å². The monoisotopic (exact) mass is 471 g/mol. The van der Waals surface area contributed by atoms with Crippen molar-refractivity contribution < 1.29 is 19.0 Å². The molecule has 8 heteroatoms. The minimum atomic E-state index is -0.500. The van der Waals surface area contributed by atoms with E-state index in [1.165, 1.54) is 6.08 Å². The average molecular weight is 472 g/mol. The molecule has 0 spiro atoms. The molecule has 2 rings (SSSR count). The maximum Gasteiger partial charge on any atom is 0.279 e. The molecule has 0 aromatic heterocycles. The zero-order chi connectivity index (χ0) is 24.4. The second-order valence-corrected chi connectivity index (χ2v) is 9.17. The number of rotatable bonds is 10. The van der Waals surface area contributed by atoms with Gasteiger partial charge in [0, 0.05) is 23.6 Å². The first-order valence-electron chi connectivity index (χ1n) is 10.6. The third-order valence-electron chi connectivity index (χ3n) is 4.16. The van der Waals surface area contributed by atoms with Crippen LogP contribution in [0.1, 0.15) is 38.1 Å². The Balaban J connectivity index is 2.31. The van der Waals surface area contributed by atoms with E-state index in [-0.39, 0.29) is 17.5 Å². The Hall–Kier alpha value is -2.97. The standard InChI is InChI=1S/C25H33N3O4S/c1-17(16-30-25(2,3)4)31-20-13-18(24(29)28-23(26)11-12-27-5)14-21(15-20)32-19-7-9-22(33-6)10-8-19/h7-15,17,27H,16H2,1-6H3,(H2,26,28,29)/b12-11-. The number of amidine groups is 1. The molecular weight excluding hydrogens is 438 g/mol. The predicted octanol–water partition coefficient (Wildman–Crippen LogP) is 5.01. The lowest BCUT2D eigenvalue weighted by Crippen LogP contribution is -2.27. The van der Waals surface area contributed by atoms with Crippen molar-refractivity contribution in [3.8, 4) is 17.2 Å². The lowest BCUT2D eigenvalue weighted by atomic mass is 10.2. The number of carbonyl (C=O) groups is 1. The van der Waals surface area contributed by atoms with E-state index < -0.39 is 5.91 Å². The highest BCUT2D eigenvalue weighted by molar-refractivity contribution is 7.98. The number of nitrogens with two attached hydrogens (primary N) is 1. The van der Waals surface area contributed by atoms with Gasteiger partial charge in [0.05, 0.1) is 12.2 Å². The predicted molar refractivity (Wildman–Crippen MR) is 135 cm³/mol. The van der Waals surface area contributed by atoms with Gasteiger partial charge in [-0.3, -0.25) is 4.79 Å². The summed E-state index contributed by atoms with van der Waals surface area (Å²) < 4.78 is 17.8. The summed E-state index contributed by atoms with van der Waals surface area (Å²) in [5.74, 6) is 1.16. The van der Waals surface area contributed by atoms with Gasteiger partial charge >= 0.3 is 0 Å². The highest BCUT2D eigenvalue weighted by Gasteiger charge is 2.16. The fourth-order valence-electron chi connectivity index (χ4n) is 2.62. The van der Waals surface area contributed by atoms with Crippen LogP contribution in [0.25, 0.3) is 0 Å². The van der Waals surface area contributed by atoms with Gasteiger partial charge in [-0.05, 0) is 82.6 Å². The molecule has 33 heavy (non-hydrogen) atoms. The summed E-state index contributed by atoms with van der Waals surface area (Å²) in [6, 6.07) is 12.7. The molecular formula is C25H33N3O4S. The Bertz CT molecular complexity index is 982. The average Bonchev–Trinajstić information content (AvgIpc) is 2.76. The Kier molecular flexibility index (Phi) is 9.81. The topological polar surface area (TPSA) is 95.2 Å². The molecule has 0 bridgehead atoms. The molecule has 2 aromatic carbocycles. The Morgan fingerprint density at radius 3 is 2.42 bits per heavy atom. The summed E-state index contributed by atoms with van der Waals surface area (Å²) in [4.78, 5) is 17.8. The summed E-state index contributed by atoms with van der Waals surface area (Å²) in [6.07, 6.45) is 4.87. The number of hydrogen-bond donors (Lipinski definition) is 2. The first-order chi connectivity index (χ1) is 15.6. The second-order valence-electron chi connectivity index (χ2n) is 8.29. The van der Waals surface area contributed by atoms with E-state index in [9.17, 15) is 4.79 Å². The minimum Gasteiger partial charge on any atom is -0.488 e. The van der Waals surface area contributed by atoms with Gasteiger partial charge < -0.3 is 25.3 Å². The summed E-state index contributed by atoms with van der Waals surface area (Å²) >= 11 is 1.65. The molecule has 1 unspecified atom stereocenters. The molecule has 178 valence electrons. The molecule has 0 saturated carbocycles. The summed E-state index contributed by atoms with van der Waals surface area (Å²) in [6.45, 7) is 8.25. The van der Waals surface area contributed by atoms with Gasteiger partial charge in [0.15, 0.2) is 0 Å². The smallest absolute Gasteiger partial charge is 0.279 e. The molecule has 0 fully saturated rings. The number of nitrogens with one attached hydrogen (secondary N) is 1. The van der Waals surface area contributed by atoms with Crippen LogP contribution in [0.4, 0.5) is 0 Å². The van der Waals surface area contributed by atoms with Crippen molar-refractivity contribution in [2.75, 3.05) is 19.9 Å². The van der Waals surface area contributed by atoms with Crippen molar-refractivity contribution in [1.29, 1.82) is 0 Å². The second kappa shape index (κ2) is 12.3. The summed E-state index contributed by atoms with van der Waals surface area (Å²) in [5, 5.41) is 2.80. The number of amides is 1. The highest BCUT2D eigenvalue weighted by atomic mass is 32.2. The zero-order valence-corrected chi connectivity index (χ0v) is 20.9. The molecule has 0 heterocycles. The molecule has 3 N–H and O–H groups in total. The van der Waals surface area contributed by atoms with Crippen molar-refractivity contribution in [1.82, 2.24) is 5.32 Å². The van der Waals surface area contributed by atoms with Crippen molar-refractivity contribution in [2.45, 2.75) is 44.3 Å². The number of nitrogens with zero attached hydrogens (tertiary/aromatic N) is 1. The van der Waals surface area contributed by atoms with Crippen LogP contribution in [0.3, 0.4) is 0 Å². The maximum atomic E-state index is 12.7. The van der Waals surface area contributed by atoms with E-state index in [0.29, 0.717) is 29.4 Å². The normalized spacial score (nSPS) is 13.1. The Morgan fingerprint density at radius 1 is 1.15 bits per heavy atom. The Morgan fingerprint density at radius 2 is 1.82 bits per heavy atom. The molecule has 0 aliphatic heterocycles. The quantitative estimate of drug-likeness (QED) is 0.286. The number of hydrogen-bond acceptors (Lipinski definition) is 6. The van der Waals surface area contributed by atoms with Crippen LogP contribution in [0.5, 0.6) is 17.2 Å². The number of benzene rings is 2. The van der Waals surface area contributed by atoms with Crippen LogP contribution < -0.4 is 20.5 Å². The van der Waals surface area contributed by atoms with Gasteiger partial charge in [0.2, 0.25) is 0 Å². The molecule has 2 aromatic rings. The van der Waals surface area contributed by atoms with Crippen LogP contribution >= 0.6 is 11.8 Å². The van der Waals surface area contributed by atoms with Gasteiger partial charge in [-0.1, -0.05) is 0 Å². The van der Waals surface area contributed by atoms with Crippen LogP contribution in [0.2, 0.25) is 0 Å². The van der Waals surface area contributed by atoms with E-state index in [4.69, 9.17) is 19.9 Å². The van der Waals surface area contributed by atoms with Crippen molar-refractivity contribution in [3.05, 3.63) is 60.3 Å². The zero-order valence-electron chi connectivity index (χ0n) is 20.0. The molecule has 1 atom stereocenters. The first kappa shape index (κ1) is 26.3. The largest absolute Gasteiger partial charge is 0.488 e. The highest BCUT2D eigenvalue weighted by Crippen LogP contribution is 2.30. The van der Waals surface area contributed by atoms with Gasteiger partial charge in [0.1, 0.15) is 29.2 Å². The SMILES string of the molecule is CN/C=C\C(N)=NC(=O)c1cc(Oc2ccc(SC)cc2)cc(OC(C)COC(C)(C)C)c1. The molecule has 7 nitrogen and oxygen atoms in total. The number of aliphatic imine (C=N–C) groups is 1. The van der Waals surface area contributed by atoms with Crippen molar-refractivity contribution >= 4 is 23.5 Å². The molecule has 0 radical (unpaired) electrons. The van der Waals surface area contributed by atoms with Crippen LogP contribution in [-0.2, 0) is 4.74 Å². The number of carbonyl (C=O) groups excluding carboxylic acids is 1. The van der Waals surface area contributed by atoms with Gasteiger partial charge in [0.25, 0.3) is 5.91 Å². The third kappa shape index (κ3) is 9.59. The fraction of sp³-hybridized carbons (Fsp3) is 0.360. The van der Waals surface area contributed by atoms with Crippen molar-refractivity contribution in [2.24, 2.45) is 10.7 Å². The van der Waals surface area contributed by atoms with E-state index in [2.05, 4.69) is 10.3 Å². The number of ether oxygens (including phenoxy) is 3. The van der Waals surface area contributed by atoms with Crippen LogP contribution in [-0.4, -0.2) is 43.4 Å². The molecule has 0 saturated heterocycles. The molecule has 1 amide bonds. The first-order valence-corrected chi connectivity index (χ1v) is 11.8. The fourth-order valence-corrected chi connectivity index (χ4v) is 3.03. The maximum absolute atomic E-state index is 12.7. The van der Waals surface area contributed by atoms with E-state index in [1.807, 2.05) is 58.2 Å². The van der Waals surface area contributed by atoms with Crippen LogP contribution in [0.15, 0.2) is 64.6 Å². The Labute approximate surface area is 200 Å². The molecule has 0 aliphatic carbocycles. The van der Waals surface area contributed by atoms with Gasteiger partial charge in [-0.15, -0.1) is 11.8 Å². The van der Waals surface area contributed by atoms with Gasteiger partial charge in [-0.25, -0.2) is 0 Å². The minimum absolute atomic E-state index is 0.0859. The third-order valence-corrected chi connectivity index (χ3v) is 4.91. The van der Waals surface area contributed by atoms with E-state index >= 15 is 0 Å². The van der Waals surface area contributed by atoms with E-state index in [0.717, 1.165) is 4.90 Å². The lowest BCUT2D eigenvalue weighted by Gasteiger charge is -2.23. The van der Waals surface area contributed by atoms with Crippen molar-refractivity contribution in [3.63, 3.8) is 0 Å². The number of thioether (sulfide) groups is 1. The summed E-state index contributed by atoms with van der Waals surface area (Å²) in [7, 11) is 1.73. The van der Waals surface area contributed by atoms with Gasteiger partial charge in [-0.2, -0.15) is 4.99 Å². The lowest BCUT2D eigenvalue weighted by molar-refractivity contribution is -0.0374. The molecule has 0 aliphatic rings.